The van der Waals surface area contributed by atoms with E-state index in [1.807, 2.05) is 60.7 Å². The van der Waals surface area contributed by atoms with Gasteiger partial charge in [-0.15, -0.1) is 0 Å². The van der Waals surface area contributed by atoms with Crippen LogP contribution in [0.1, 0.15) is 22.3 Å². The van der Waals surface area contributed by atoms with Gasteiger partial charge in [-0.25, -0.2) is 15.0 Å². The van der Waals surface area contributed by atoms with E-state index in [9.17, 15) is 0 Å². The zero-order chi connectivity index (χ0) is 32.6. The summed E-state index contributed by atoms with van der Waals surface area (Å²) in [6.45, 7) is 0. The molecule has 0 saturated carbocycles. The summed E-state index contributed by atoms with van der Waals surface area (Å²) in [5.41, 5.74) is 12.1. The van der Waals surface area contributed by atoms with Crippen LogP contribution >= 0.6 is 0 Å². The Bertz CT molecular complexity index is 2290. The van der Waals surface area contributed by atoms with Crippen LogP contribution < -0.4 is 0 Å². The summed E-state index contributed by atoms with van der Waals surface area (Å²) < 4.78 is 0. The molecule has 1 aromatic heterocycles. The molecule has 0 radical (unpaired) electrons. The van der Waals surface area contributed by atoms with Gasteiger partial charge < -0.3 is 0 Å². The van der Waals surface area contributed by atoms with Crippen molar-refractivity contribution >= 4 is 0 Å². The second kappa shape index (κ2) is 12.0. The topological polar surface area (TPSA) is 38.7 Å². The van der Waals surface area contributed by atoms with Crippen molar-refractivity contribution in [2.75, 3.05) is 0 Å². The van der Waals surface area contributed by atoms with Gasteiger partial charge in [0.15, 0.2) is 17.5 Å². The Kier molecular flexibility index (Phi) is 7.02. The van der Waals surface area contributed by atoms with Crippen LogP contribution in [0.15, 0.2) is 188 Å². The second-order valence-electron chi connectivity index (χ2n) is 12.4. The summed E-state index contributed by atoms with van der Waals surface area (Å²) in [5.74, 6) is 1.94. The fourth-order valence-electron chi connectivity index (χ4n) is 7.47. The average Bonchev–Trinajstić information content (AvgIpc) is 3.30. The molecule has 3 nitrogen and oxygen atoms in total. The summed E-state index contributed by atoms with van der Waals surface area (Å²) in [5, 5.41) is 0. The Morgan fingerprint density at radius 2 is 0.592 bits per heavy atom. The highest BCUT2D eigenvalue weighted by atomic mass is 15.0. The molecule has 0 atom stereocenters. The fourth-order valence-corrected chi connectivity index (χ4v) is 7.47. The van der Waals surface area contributed by atoms with E-state index in [2.05, 4.69) is 127 Å². The van der Waals surface area contributed by atoms with Crippen LogP contribution in [-0.4, -0.2) is 15.0 Å². The Balaban J connectivity index is 1.29. The Morgan fingerprint density at radius 3 is 1.04 bits per heavy atom. The minimum absolute atomic E-state index is 0.588. The first-order chi connectivity index (χ1) is 24.3. The van der Waals surface area contributed by atoms with Gasteiger partial charge in [0, 0.05) is 16.7 Å². The van der Waals surface area contributed by atoms with E-state index in [4.69, 9.17) is 15.0 Å². The van der Waals surface area contributed by atoms with Gasteiger partial charge >= 0.3 is 0 Å². The van der Waals surface area contributed by atoms with Gasteiger partial charge in [0.2, 0.25) is 0 Å². The molecule has 1 heterocycles. The maximum Gasteiger partial charge on any atom is 0.164 e. The lowest BCUT2D eigenvalue weighted by molar-refractivity contribution is 0.751. The minimum atomic E-state index is -0.588. The van der Waals surface area contributed by atoms with E-state index in [0.29, 0.717) is 17.5 Å². The highest BCUT2D eigenvalue weighted by molar-refractivity contribution is 5.92. The molecule has 49 heavy (non-hydrogen) atoms. The predicted molar refractivity (Wildman–Crippen MR) is 199 cm³/mol. The van der Waals surface area contributed by atoms with E-state index in [1.165, 1.54) is 44.5 Å². The van der Waals surface area contributed by atoms with E-state index in [0.717, 1.165) is 16.7 Å². The van der Waals surface area contributed by atoms with E-state index in [1.54, 1.807) is 0 Å². The summed E-state index contributed by atoms with van der Waals surface area (Å²) in [4.78, 5) is 14.9. The van der Waals surface area contributed by atoms with Crippen LogP contribution in [0.25, 0.3) is 56.4 Å². The molecule has 0 N–H and O–H groups in total. The number of nitrogens with zero attached hydrogens (tertiary/aromatic N) is 3. The van der Waals surface area contributed by atoms with Crippen molar-refractivity contribution in [2.45, 2.75) is 5.41 Å². The Hall–Kier alpha value is -6.45. The third kappa shape index (κ3) is 4.78. The highest BCUT2D eigenvalue weighted by Gasteiger charge is 2.43. The smallest absolute Gasteiger partial charge is 0.164 e. The van der Waals surface area contributed by atoms with Crippen LogP contribution in [0.5, 0.6) is 0 Å². The van der Waals surface area contributed by atoms with Crippen molar-refractivity contribution in [3.63, 3.8) is 0 Å². The van der Waals surface area contributed by atoms with Gasteiger partial charge in [-0.2, -0.15) is 0 Å². The lowest BCUT2D eigenvalue weighted by Gasteiger charge is -2.38. The second-order valence-corrected chi connectivity index (χ2v) is 12.4. The number of rotatable bonds is 5. The minimum Gasteiger partial charge on any atom is -0.208 e. The number of hydrogen-bond acceptors (Lipinski definition) is 3. The first-order valence-electron chi connectivity index (χ1n) is 16.6. The average molecular weight is 626 g/mol. The van der Waals surface area contributed by atoms with Gasteiger partial charge in [-0.1, -0.05) is 188 Å². The largest absolute Gasteiger partial charge is 0.208 e. The SMILES string of the molecule is c1ccc(-c2nc(-c3ccccc3)nc(-c3ccc(C4(c5ccccc5)c5ccccc5-c5ccccc5-c5ccccc54)cc3)n2)cc1. The number of aromatic nitrogens is 3. The van der Waals surface area contributed by atoms with Gasteiger partial charge in [0.05, 0.1) is 5.41 Å². The first kappa shape index (κ1) is 28.7. The molecule has 7 aromatic carbocycles. The van der Waals surface area contributed by atoms with Crippen LogP contribution in [0.4, 0.5) is 0 Å². The number of fused-ring (bicyclic) bond motifs is 5. The van der Waals surface area contributed by atoms with Crippen LogP contribution in [0, 0.1) is 0 Å². The molecular weight excluding hydrogens is 595 g/mol. The predicted octanol–water partition coefficient (Wildman–Crippen LogP) is 10.9. The summed E-state index contributed by atoms with van der Waals surface area (Å²) >= 11 is 0. The van der Waals surface area contributed by atoms with E-state index >= 15 is 0 Å². The number of benzene rings is 7. The Morgan fingerprint density at radius 1 is 0.265 bits per heavy atom. The molecule has 0 bridgehead atoms. The molecule has 1 aliphatic carbocycles. The van der Waals surface area contributed by atoms with Crippen LogP contribution in [0.3, 0.4) is 0 Å². The molecule has 8 aromatic rings. The van der Waals surface area contributed by atoms with Crippen LogP contribution in [0.2, 0.25) is 0 Å². The van der Waals surface area contributed by atoms with Gasteiger partial charge in [0.25, 0.3) is 0 Å². The monoisotopic (exact) mass is 625 g/mol. The third-order valence-electron chi connectivity index (χ3n) is 9.65. The Labute approximate surface area is 286 Å². The van der Waals surface area contributed by atoms with Crippen molar-refractivity contribution in [3.05, 3.63) is 210 Å². The highest BCUT2D eigenvalue weighted by Crippen LogP contribution is 2.54. The molecule has 0 fully saturated rings. The number of hydrogen-bond donors (Lipinski definition) is 0. The van der Waals surface area contributed by atoms with Crippen molar-refractivity contribution in [1.82, 2.24) is 15.0 Å². The molecule has 9 rings (SSSR count). The summed E-state index contributed by atoms with van der Waals surface area (Å²) in [7, 11) is 0. The molecule has 0 saturated heterocycles. The fraction of sp³-hybridized carbons (Fsp3) is 0.0217. The lowest BCUT2D eigenvalue weighted by Crippen LogP contribution is -2.31. The van der Waals surface area contributed by atoms with Crippen molar-refractivity contribution in [1.29, 1.82) is 0 Å². The van der Waals surface area contributed by atoms with Crippen molar-refractivity contribution < 1.29 is 0 Å². The van der Waals surface area contributed by atoms with Gasteiger partial charge in [-0.05, 0) is 44.5 Å². The standard InChI is InChI=1S/C46H31N3/c1-4-16-32(17-5-1)43-47-44(33-18-6-2-7-19-33)49-45(48-43)34-28-30-36(31-29-34)46(35-20-8-3-9-21-35)41-26-14-12-24-39(41)37-22-10-11-23-38(37)40-25-13-15-27-42(40)46/h1-31H. The molecule has 0 unspecified atom stereocenters. The third-order valence-corrected chi connectivity index (χ3v) is 9.65. The van der Waals surface area contributed by atoms with Gasteiger partial charge in [0.1, 0.15) is 0 Å². The summed E-state index contributed by atoms with van der Waals surface area (Å²) in [6.07, 6.45) is 0. The van der Waals surface area contributed by atoms with Gasteiger partial charge in [-0.3, -0.25) is 0 Å². The summed E-state index contributed by atoms with van der Waals surface area (Å²) in [6, 6.07) is 66.6. The molecular formula is C46H31N3. The lowest BCUT2D eigenvalue weighted by atomic mass is 9.63. The molecule has 0 aliphatic heterocycles. The maximum absolute atomic E-state index is 5.01. The van der Waals surface area contributed by atoms with E-state index in [-0.39, 0.29) is 0 Å². The maximum atomic E-state index is 5.01. The molecule has 0 spiro atoms. The molecule has 0 amide bonds. The normalized spacial score (nSPS) is 12.7. The van der Waals surface area contributed by atoms with Crippen LogP contribution in [-0.2, 0) is 5.41 Å². The first-order valence-corrected chi connectivity index (χ1v) is 16.6. The van der Waals surface area contributed by atoms with E-state index < -0.39 is 5.41 Å². The van der Waals surface area contributed by atoms with Crippen molar-refractivity contribution in [3.8, 4) is 56.4 Å². The van der Waals surface area contributed by atoms with Crippen molar-refractivity contribution in [2.24, 2.45) is 0 Å². The quantitative estimate of drug-likeness (QED) is 0.191. The zero-order valence-electron chi connectivity index (χ0n) is 26.7. The zero-order valence-corrected chi connectivity index (χ0v) is 26.7. The molecule has 230 valence electrons. The molecule has 3 heteroatoms. The molecule has 1 aliphatic rings.